The van der Waals surface area contributed by atoms with E-state index in [1.54, 1.807) is 31.4 Å². The van der Waals surface area contributed by atoms with E-state index >= 15 is 0 Å². The van der Waals surface area contributed by atoms with Crippen molar-refractivity contribution in [1.82, 2.24) is 0 Å². The van der Waals surface area contributed by atoms with Gasteiger partial charge in [0.2, 0.25) is 0 Å². The largest absolute Gasteiger partial charge is 0.497 e. The lowest BCUT2D eigenvalue weighted by Crippen LogP contribution is -1.95. The summed E-state index contributed by atoms with van der Waals surface area (Å²) < 4.78 is 33.3. The third-order valence-electron chi connectivity index (χ3n) is 4.90. The van der Waals surface area contributed by atoms with Gasteiger partial charge in [0, 0.05) is 18.1 Å². The number of furan rings is 1. The summed E-state index contributed by atoms with van der Waals surface area (Å²) in [7, 11) is 3.02. The van der Waals surface area contributed by atoms with Gasteiger partial charge in [-0.2, -0.15) is 0 Å². The molecule has 7 heteroatoms. The van der Waals surface area contributed by atoms with Crippen LogP contribution in [0.1, 0.15) is 69.3 Å². The van der Waals surface area contributed by atoms with Gasteiger partial charge in [-0.05, 0) is 42.3 Å². The topological polar surface area (TPSA) is 59.7 Å². The molecule has 0 fully saturated rings. The molecule has 1 heterocycles. The first-order valence-corrected chi connectivity index (χ1v) is 12.4. The average Bonchev–Trinajstić information content (AvgIpc) is 3.27. The van der Waals surface area contributed by atoms with Crippen LogP contribution in [0.15, 0.2) is 59.0 Å². The number of alkyl halides is 2. The fraction of sp³-hybridized carbons (Fsp3) is 0.393. The van der Waals surface area contributed by atoms with Crippen molar-refractivity contribution in [2.75, 3.05) is 7.11 Å². The molecule has 0 aliphatic heterocycles. The van der Waals surface area contributed by atoms with Gasteiger partial charge in [0.25, 0.3) is 5.66 Å². The van der Waals surface area contributed by atoms with Crippen LogP contribution in [0.4, 0.5) is 8.78 Å². The van der Waals surface area contributed by atoms with Crippen LogP contribution in [0.3, 0.4) is 0 Å². The molecule has 0 bridgehead atoms. The summed E-state index contributed by atoms with van der Waals surface area (Å²) in [5.74, 6) is 1.37. The third-order valence-corrected chi connectivity index (χ3v) is 4.90. The summed E-state index contributed by atoms with van der Waals surface area (Å²) in [5.41, 5.74) is 0.565. The van der Waals surface area contributed by atoms with Crippen LogP contribution in [-0.2, 0) is 6.42 Å². The first-order valence-electron chi connectivity index (χ1n) is 11.8. The Morgan fingerprint density at radius 1 is 1.00 bits per heavy atom. The van der Waals surface area contributed by atoms with E-state index < -0.39 is 11.6 Å². The van der Waals surface area contributed by atoms with E-state index in [1.165, 1.54) is 34.9 Å². The minimum Gasteiger partial charge on any atom is -0.497 e. The summed E-state index contributed by atoms with van der Waals surface area (Å²) in [6, 6.07) is 16.5. The Hall–Kier alpha value is -2.72. The number of aromatic carboxylic acids is 1. The zero-order valence-electron chi connectivity index (χ0n) is 21.2. The molecule has 0 spiro atoms. The smallest absolute Gasteiger partial charge is 0.335 e. The van der Waals surface area contributed by atoms with Crippen LogP contribution in [0.2, 0.25) is 0 Å². The van der Waals surface area contributed by atoms with E-state index in [0.717, 1.165) is 47.3 Å². The number of benzene rings is 2. The second-order valence-corrected chi connectivity index (χ2v) is 9.11. The molecule has 35 heavy (non-hydrogen) atoms. The van der Waals surface area contributed by atoms with Gasteiger partial charge in [0.05, 0.1) is 12.7 Å². The molecule has 0 saturated carbocycles. The van der Waals surface area contributed by atoms with Crippen molar-refractivity contribution in [3.05, 3.63) is 65.7 Å². The number of carboxylic acids is 1. The molecular formula is C28H37F2O4P. The summed E-state index contributed by atoms with van der Waals surface area (Å²) in [4.78, 5) is 11.0. The number of methoxy groups -OCH3 is 1. The number of carboxylic acid groups (broad SMARTS) is 1. The highest BCUT2D eigenvalue weighted by Crippen LogP contribution is 2.34. The maximum absolute atomic E-state index is 11.0. The summed E-state index contributed by atoms with van der Waals surface area (Å²) >= 11 is 0. The van der Waals surface area contributed by atoms with E-state index in [1.807, 2.05) is 30.3 Å². The standard InChI is InChI=1S/C20H18O4.C6H14.C2H5F2P/c1-3-13-12-18(16-5-4-6-17(11-16)23-2)24-19(13)14-7-9-15(10-8-14)20(21)22;1-3-5-6-4-2;1-2(3,4)5/h4-12H,3H2,1-2H3,(H,21,22);3-6H2,1-2H3;5H2,1H3. The van der Waals surface area contributed by atoms with Gasteiger partial charge >= 0.3 is 5.97 Å². The number of halogens is 2. The lowest BCUT2D eigenvalue weighted by molar-refractivity contribution is 0.0696. The van der Waals surface area contributed by atoms with Gasteiger partial charge in [0.15, 0.2) is 0 Å². The minimum atomic E-state index is -2.58. The fourth-order valence-electron chi connectivity index (χ4n) is 3.12. The van der Waals surface area contributed by atoms with Crippen molar-refractivity contribution >= 4 is 15.2 Å². The number of unbranched alkanes of at least 4 members (excludes halogenated alkanes) is 3. The van der Waals surface area contributed by atoms with Crippen LogP contribution in [0, 0.1) is 0 Å². The third kappa shape index (κ3) is 11.5. The second kappa shape index (κ2) is 15.3. The molecule has 1 aromatic heterocycles. The Labute approximate surface area is 209 Å². The van der Waals surface area contributed by atoms with Crippen molar-refractivity contribution in [2.45, 2.75) is 65.5 Å². The van der Waals surface area contributed by atoms with Crippen LogP contribution >= 0.6 is 9.24 Å². The van der Waals surface area contributed by atoms with E-state index in [9.17, 15) is 13.6 Å². The molecule has 0 aliphatic rings. The molecule has 0 aliphatic carbocycles. The molecule has 0 saturated heterocycles. The van der Waals surface area contributed by atoms with Gasteiger partial charge in [-0.1, -0.05) is 80.0 Å². The Bertz CT molecular complexity index is 1010. The van der Waals surface area contributed by atoms with Crippen molar-refractivity contribution in [1.29, 1.82) is 0 Å². The van der Waals surface area contributed by atoms with Gasteiger partial charge in [-0.3, -0.25) is 0 Å². The van der Waals surface area contributed by atoms with Crippen LogP contribution in [0.5, 0.6) is 5.75 Å². The number of rotatable bonds is 8. The highest BCUT2D eigenvalue weighted by Gasteiger charge is 2.14. The van der Waals surface area contributed by atoms with Crippen molar-refractivity contribution in [3.8, 4) is 28.4 Å². The predicted molar refractivity (Wildman–Crippen MR) is 143 cm³/mol. The molecule has 1 unspecified atom stereocenters. The lowest BCUT2D eigenvalue weighted by atomic mass is 10.0. The molecule has 1 atom stereocenters. The molecular weight excluding hydrogens is 469 g/mol. The summed E-state index contributed by atoms with van der Waals surface area (Å²) in [6.07, 6.45) is 6.36. The second-order valence-electron chi connectivity index (χ2n) is 8.10. The minimum absolute atomic E-state index is 0.261. The monoisotopic (exact) mass is 506 g/mol. The van der Waals surface area contributed by atoms with E-state index in [4.69, 9.17) is 14.3 Å². The quantitative estimate of drug-likeness (QED) is 0.245. The van der Waals surface area contributed by atoms with Crippen LogP contribution in [-0.4, -0.2) is 23.8 Å². The highest BCUT2D eigenvalue weighted by atomic mass is 31.0. The van der Waals surface area contributed by atoms with E-state index in [0.29, 0.717) is 0 Å². The maximum atomic E-state index is 11.0. The molecule has 0 amide bonds. The van der Waals surface area contributed by atoms with Gasteiger partial charge in [-0.15, -0.1) is 0 Å². The molecule has 4 nitrogen and oxygen atoms in total. The van der Waals surface area contributed by atoms with Crippen molar-refractivity contribution in [2.24, 2.45) is 0 Å². The van der Waals surface area contributed by atoms with Crippen molar-refractivity contribution in [3.63, 3.8) is 0 Å². The Morgan fingerprint density at radius 3 is 2.03 bits per heavy atom. The zero-order valence-corrected chi connectivity index (χ0v) is 22.4. The van der Waals surface area contributed by atoms with E-state index in [-0.39, 0.29) is 5.56 Å². The number of ether oxygens (including phenoxy) is 1. The number of aryl methyl sites for hydroxylation is 1. The maximum Gasteiger partial charge on any atom is 0.335 e. The van der Waals surface area contributed by atoms with Crippen LogP contribution < -0.4 is 4.74 Å². The highest BCUT2D eigenvalue weighted by molar-refractivity contribution is 7.18. The van der Waals surface area contributed by atoms with Gasteiger partial charge in [0.1, 0.15) is 17.3 Å². The first kappa shape index (κ1) is 30.3. The Kier molecular flexibility index (Phi) is 13.3. The fourth-order valence-corrected chi connectivity index (χ4v) is 3.12. The molecule has 3 aromatic rings. The molecule has 0 radical (unpaired) electrons. The number of hydrogen-bond acceptors (Lipinski definition) is 3. The summed E-state index contributed by atoms with van der Waals surface area (Å²) in [5, 5.41) is 9.01. The van der Waals surface area contributed by atoms with E-state index in [2.05, 4.69) is 20.8 Å². The van der Waals surface area contributed by atoms with Gasteiger partial charge in [-0.25, -0.2) is 13.6 Å². The first-order chi connectivity index (χ1) is 16.5. The SMILES string of the molecule is CC(F)(F)P.CCCCCC.CCc1cc(-c2cccc(OC)c2)oc1-c1ccc(C(=O)O)cc1. The number of carbonyl (C=O) groups is 1. The molecule has 2 aromatic carbocycles. The van der Waals surface area contributed by atoms with Gasteiger partial charge < -0.3 is 14.3 Å². The molecule has 192 valence electrons. The van der Waals surface area contributed by atoms with Crippen molar-refractivity contribution < 1.29 is 27.8 Å². The van der Waals surface area contributed by atoms with Crippen LogP contribution in [0.25, 0.3) is 22.6 Å². The number of hydrogen-bond donors (Lipinski definition) is 1. The predicted octanol–water partition coefficient (Wildman–Crippen LogP) is 8.94. The Morgan fingerprint density at radius 2 is 1.57 bits per heavy atom. The Balaban J connectivity index is 0.000000467. The lowest BCUT2D eigenvalue weighted by Gasteiger charge is -2.03. The molecule has 1 N–H and O–H groups in total. The molecule has 3 rings (SSSR count). The summed E-state index contributed by atoms with van der Waals surface area (Å²) in [6.45, 7) is 7.35. The zero-order chi connectivity index (χ0) is 26.4. The normalized spacial score (nSPS) is 10.5. The average molecular weight is 507 g/mol.